The van der Waals surface area contributed by atoms with Gasteiger partial charge < -0.3 is 20.1 Å². The normalized spacial score (nSPS) is 10.3. The van der Waals surface area contributed by atoms with Gasteiger partial charge in [-0.3, -0.25) is 0 Å². The lowest BCUT2D eigenvalue weighted by molar-refractivity contribution is -0.140. The molecule has 0 amide bonds. The van der Waals surface area contributed by atoms with Crippen LogP contribution in [0.2, 0.25) is 0 Å². The van der Waals surface area contributed by atoms with Crippen LogP contribution in [0.3, 0.4) is 0 Å². The largest absolute Gasteiger partial charge is 0.478 e. The number of allylic oxidation sites excluding steroid dienone is 1. The van der Waals surface area contributed by atoms with Crippen LogP contribution in [0, 0.1) is 0 Å². The predicted molar refractivity (Wildman–Crippen MR) is 94.1 cm³/mol. The van der Waals surface area contributed by atoms with Crippen molar-refractivity contribution in [3.8, 4) is 0 Å². The minimum absolute atomic E-state index is 0.0838. The van der Waals surface area contributed by atoms with Crippen molar-refractivity contribution < 1.29 is 34.4 Å². The Hall–Kier alpha value is -2.41. The van der Waals surface area contributed by atoms with Crippen molar-refractivity contribution in [3.63, 3.8) is 0 Å². The molecule has 7 nitrogen and oxygen atoms in total. The summed E-state index contributed by atoms with van der Waals surface area (Å²) in [5.74, 6) is -2.53. The zero-order valence-corrected chi connectivity index (χ0v) is 14.9. The van der Waals surface area contributed by atoms with Crippen LogP contribution in [0.1, 0.15) is 46.0 Å². The molecule has 0 aliphatic carbocycles. The highest BCUT2D eigenvalue weighted by molar-refractivity contribution is 5.89. The number of carboxylic acid groups (broad SMARTS) is 2. The van der Waals surface area contributed by atoms with Gasteiger partial charge in [-0.15, -0.1) is 0 Å². The number of ether oxygens (including phenoxy) is 1. The predicted octanol–water partition coefficient (Wildman–Crippen LogP) is 2.71. The van der Waals surface area contributed by atoms with Gasteiger partial charge in [0.25, 0.3) is 0 Å². The summed E-state index contributed by atoms with van der Waals surface area (Å²) >= 11 is 0. The van der Waals surface area contributed by atoms with E-state index < -0.39 is 17.9 Å². The number of hydrogen-bond donors (Lipinski definition) is 3. The zero-order chi connectivity index (χ0) is 19.8. The molecular formula is C18H28O7. The van der Waals surface area contributed by atoms with Crippen molar-refractivity contribution in [1.82, 2.24) is 0 Å². The van der Waals surface area contributed by atoms with E-state index in [4.69, 9.17) is 15.3 Å². The van der Waals surface area contributed by atoms with E-state index in [0.717, 1.165) is 19.3 Å². The Morgan fingerprint density at radius 2 is 1.64 bits per heavy atom. The van der Waals surface area contributed by atoms with Gasteiger partial charge in [0.1, 0.15) is 6.61 Å². The Labute approximate surface area is 148 Å². The number of rotatable bonds is 11. The fraction of sp³-hybridized carbons (Fsp3) is 0.500. The third-order valence-electron chi connectivity index (χ3n) is 2.99. The number of aliphatic hydroxyl groups is 1. The maximum Gasteiger partial charge on any atom is 0.333 e. The quantitative estimate of drug-likeness (QED) is 0.295. The van der Waals surface area contributed by atoms with Gasteiger partial charge in [-0.25, -0.2) is 14.4 Å². The van der Waals surface area contributed by atoms with Crippen molar-refractivity contribution in [2.75, 3.05) is 13.2 Å². The van der Waals surface area contributed by atoms with Crippen LogP contribution in [0.5, 0.6) is 0 Å². The standard InChI is InChI=1S/C10H14O5.C8H14O2/c1-7(9(12)13)3-4-8(2)10(14)15-6-5-11;1-3-4-5-6-7(2)8(9)10/h3,11H,2,4-6H2,1H3,(H,12,13);2-6H2,1H3,(H,9,10). The van der Waals surface area contributed by atoms with E-state index in [0.29, 0.717) is 12.0 Å². The molecule has 0 fully saturated rings. The van der Waals surface area contributed by atoms with Crippen LogP contribution in [-0.2, 0) is 19.1 Å². The summed E-state index contributed by atoms with van der Waals surface area (Å²) in [5, 5.41) is 25.3. The maximum atomic E-state index is 11.1. The minimum atomic E-state index is -1.04. The monoisotopic (exact) mass is 356 g/mol. The molecule has 142 valence electrons. The SMILES string of the molecule is C=C(CC=C(C)C(=O)O)C(=O)OCCO.C=C(CCCCC)C(=O)O. The molecule has 3 N–H and O–H groups in total. The van der Waals surface area contributed by atoms with Crippen molar-refractivity contribution in [1.29, 1.82) is 0 Å². The van der Waals surface area contributed by atoms with Crippen molar-refractivity contribution in [2.45, 2.75) is 46.0 Å². The number of carboxylic acids is 2. The Morgan fingerprint density at radius 3 is 2.08 bits per heavy atom. The summed E-state index contributed by atoms with van der Waals surface area (Å²) in [6.07, 6.45) is 5.29. The lowest BCUT2D eigenvalue weighted by atomic mass is 10.1. The number of carbonyl (C=O) groups is 3. The van der Waals surface area contributed by atoms with E-state index in [1.807, 2.05) is 0 Å². The molecule has 0 aromatic carbocycles. The molecule has 0 spiro atoms. The summed E-state index contributed by atoms with van der Waals surface area (Å²) < 4.78 is 4.58. The van der Waals surface area contributed by atoms with Crippen LogP contribution in [0.4, 0.5) is 0 Å². The molecule has 0 saturated heterocycles. The highest BCUT2D eigenvalue weighted by Crippen LogP contribution is 2.06. The Balaban J connectivity index is 0. The van der Waals surface area contributed by atoms with Gasteiger partial charge in [0.15, 0.2) is 0 Å². The highest BCUT2D eigenvalue weighted by atomic mass is 16.5. The summed E-state index contributed by atoms with van der Waals surface area (Å²) in [6.45, 7) is 10.1. The van der Waals surface area contributed by atoms with Gasteiger partial charge >= 0.3 is 17.9 Å². The maximum absolute atomic E-state index is 11.1. The van der Waals surface area contributed by atoms with Gasteiger partial charge in [-0.2, -0.15) is 0 Å². The van der Waals surface area contributed by atoms with Crippen LogP contribution >= 0.6 is 0 Å². The third-order valence-corrected chi connectivity index (χ3v) is 2.99. The topological polar surface area (TPSA) is 121 Å². The van der Waals surface area contributed by atoms with Gasteiger partial charge in [-0.1, -0.05) is 39.0 Å². The Kier molecular flexibility index (Phi) is 15.0. The van der Waals surface area contributed by atoms with Crippen LogP contribution < -0.4 is 0 Å². The molecule has 0 rings (SSSR count). The first-order chi connectivity index (χ1) is 11.7. The summed E-state index contributed by atoms with van der Waals surface area (Å²) in [6, 6.07) is 0. The number of hydrogen-bond acceptors (Lipinski definition) is 5. The molecule has 0 heterocycles. The second-order valence-corrected chi connectivity index (χ2v) is 5.23. The fourth-order valence-electron chi connectivity index (χ4n) is 1.38. The first kappa shape index (κ1) is 24.8. The molecule has 0 radical (unpaired) electrons. The number of aliphatic hydroxyl groups excluding tert-OH is 1. The Bertz CT molecular complexity index is 504. The van der Waals surface area contributed by atoms with Crippen molar-refractivity contribution in [3.05, 3.63) is 36.0 Å². The Morgan fingerprint density at radius 1 is 1.04 bits per heavy atom. The van der Waals surface area contributed by atoms with Gasteiger partial charge in [0.05, 0.1) is 6.61 Å². The third kappa shape index (κ3) is 14.9. The molecule has 0 bridgehead atoms. The smallest absolute Gasteiger partial charge is 0.333 e. The van der Waals surface area contributed by atoms with Gasteiger partial charge in [-0.05, 0) is 26.2 Å². The van der Waals surface area contributed by atoms with E-state index >= 15 is 0 Å². The zero-order valence-electron chi connectivity index (χ0n) is 14.9. The van der Waals surface area contributed by atoms with Crippen LogP contribution in [0.25, 0.3) is 0 Å². The molecule has 0 aromatic heterocycles. The molecule has 0 aliphatic heterocycles. The number of carbonyl (C=O) groups excluding carboxylic acids is 1. The number of aliphatic carboxylic acids is 2. The van der Waals surface area contributed by atoms with E-state index in [9.17, 15) is 14.4 Å². The lowest BCUT2D eigenvalue weighted by Crippen LogP contribution is -2.10. The van der Waals surface area contributed by atoms with E-state index in [1.54, 1.807) is 0 Å². The first-order valence-electron chi connectivity index (χ1n) is 7.94. The molecule has 0 saturated carbocycles. The van der Waals surface area contributed by atoms with Crippen LogP contribution in [-0.4, -0.2) is 46.4 Å². The summed E-state index contributed by atoms with van der Waals surface area (Å²) in [5.41, 5.74) is 0.628. The number of unbranched alkanes of at least 4 members (excludes halogenated alkanes) is 2. The average Bonchev–Trinajstić information content (AvgIpc) is 2.57. The minimum Gasteiger partial charge on any atom is -0.478 e. The average molecular weight is 356 g/mol. The lowest BCUT2D eigenvalue weighted by Gasteiger charge is -2.03. The van der Waals surface area contributed by atoms with Crippen LogP contribution in [0.15, 0.2) is 36.0 Å². The molecule has 0 aromatic rings. The molecule has 0 unspecified atom stereocenters. The van der Waals surface area contributed by atoms with E-state index in [2.05, 4.69) is 24.8 Å². The van der Waals surface area contributed by atoms with E-state index in [1.165, 1.54) is 13.0 Å². The molecule has 0 atom stereocenters. The summed E-state index contributed by atoms with van der Waals surface area (Å²) in [7, 11) is 0. The second-order valence-electron chi connectivity index (χ2n) is 5.23. The van der Waals surface area contributed by atoms with Crippen molar-refractivity contribution >= 4 is 17.9 Å². The second kappa shape index (κ2) is 15.1. The van der Waals surface area contributed by atoms with E-state index in [-0.39, 0.29) is 30.8 Å². The first-order valence-corrected chi connectivity index (χ1v) is 7.94. The fourth-order valence-corrected chi connectivity index (χ4v) is 1.38. The molecular weight excluding hydrogens is 328 g/mol. The molecule has 7 heteroatoms. The number of esters is 1. The van der Waals surface area contributed by atoms with Gasteiger partial charge in [0, 0.05) is 16.7 Å². The molecule has 25 heavy (non-hydrogen) atoms. The molecule has 0 aliphatic rings. The van der Waals surface area contributed by atoms with Crippen molar-refractivity contribution in [2.24, 2.45) is 0 Å². The van der Waals surface area contributed by atoms with Gasteiger partial charge in [0.2, 0.25) is 0 Å². The summed E-state index contributed by atoms with van der Waals surface area (Å²) in [4.78, 5) is 31.7. The highest BCUT2D eigenvalue weighted by Gasteiger charge is 2.07.